The van der Waals surface area contributed by atoms with Crippen LogP contribution in [0.2, 0.25) is 0 Å². The largest absolute Gasteiger partial charge is 0.496 e. The van der Waals surface area contributed by atoms with Crippen molar-refractivity contribution < 1.29 is 9.13 Å². The molecular weight excluding hydrogens is 319 g/mol. The van der Waals surface area contributed by atoms with Gasteiger partial charge in [0.25, 0.3) is 0 Å². The number of aryl methyl sites for hydroxylation is 1. The van der Waals surface area contributed by atoms with Crippen molar-refractivity contribution in [1.29, 1.82) is 0 Å². The number of hydrogen-bond acceptors (Lipinski definition) is 5. The fraction of sp³-hybridized carbons (Fsp3) is 0.158. The van der Waals surface area contributed by atoms with E-state index in [-0.39, 0.29) is 5.82 Å². The van der Waals surface area contributed by atoms with Gasteiger partial charge in [0.1, 0.15) is 17.4 Å². The van der Waals surface area contributed by atoms with E-state index in [1.54, 1.807) is 19.2 Å². The van der Waals surface area contributed by atoms with Crippen molar-refractivity contribution in [3.63, 3.8) is 0 Å². The van der Waals surface area contributed by atoms with Crippen LogP contribution in [0.3, 0.4) is 0 Å². The number of nitrogens with one attached hydrogen (secondary N) is 2. The molecule has 5 nitrogen and oxygen atoms in total. The Morgan fingerprint density at radius 1 is 1.04 bits per heavy atom. The number of anilines is 3. The molecule has 2 N–H and O–H groups in total. The highest BCUT2D eigenvalue weighted by atomic mass is 19.1. The molecule has 0 saturated heterocycles. The van der Waals surface area contributed by atoms with E-state index in [4.69, 9.17) is 4.74 Å². The van der Waals surface area contributed by atoms with Crippen LogP contribution >= 0.6 is 0 Å². The first-order valence-electron chi connectivity index (χ1n) is 7.88. The number of benzene rings is 2. The van der Waals surface area contributed by atoms with E-state index in [1.165, 1.54) is 12.1 Å². The SMILES string of the molecule is COc1ccccc1CNc1nc(C)cc(Nc2ccc(F)cc2)n1. The predicted molar refractivity (Wildman–Crippen MR) is 96.8 cm³/mol. The Balaban J connectivity index is 1.74. The number of halogens is 1. The molecule has 6 heteroatoms. The van der Waals surface area contributed by atoms with Crippen molar-refractivity contribution in [1.82, 2.24) is 9.97 Å². The number of methoxy groups -OCH3 is 1. The van der Waals surface area contributed by atoms with E-state index in [0.717, 1.165) is 22.7 Å². The molecule has 0 fully saturated rings. The van der Waals surface area contributed by atoms with Crippen molar-refractivity contribution >= 4 is 17.5 Å². The lowest BCUT2D eigenvalue weighted by Gasteiger charge is -2.11. The molecule has 0 atom stereocenters. The summed E-state index contributed by atoms with van der Waals surface area (Å²) in [6.45, 7) is 2.44. The zero-order valence-corrected chi connectivity index (χ0v) is 14.1. The van der Waals surface area contributed by atoms with Crippen molar-refractivity contribution in [3.8, 4) is 5.75 Å². The minimum absolute atomic E-state index is 0.274. The number of rotatable bonds is 6. The van der Waals surface area contributed by atoms with Gasteiger partial charge < -0.3 is 15.4 Å². The van der Waals surface area contributed by atoms with E-state index < -0.39 is 0 Å². The highest BCUT2D eigenvalue weighted by molar-refractivity contribution is 5.57. The quantitative estimate of drug-likeness (QED) is 0.702. The molecule has 0 saturated carbocycles. The number of hydrogen-bond donors (Lipinski definition) is 2. The number of para-hydroxylation sites is 1. The summed E-state index contributed by atoms with van der Waals surface area (Å²) < 4.78 is 18.3. The highest BCUT2D eigenvalue weighted by Crippen LogP contribution is 2.20. The van der Waals surface area contributed by atoms with Gasteiger partial charge in [-0.3, -0.25) is 0 Å². The van der Waals surface area contributed by atoms with E-state index in [2.05, 4.69) is 20.6 Å². The molecule has 0 aliphatic heterocycles. The summed E-state index contributed by atoms with van der Waals surface area (Å²) in [7, 11) is 1.65. The molecule has 1 aromatic heterocycles. The topological polar surface area (TPSA) is 59.1 Å². The molecule has 128 valence electrons. The van der Waals surface area contributed by atoms with Crippen molar-refractivity contribution in [2.24, 2.45) is 0 Å². The Bertz CT molecular complexity index is 852. The fourth-order valence-electron chi connectivity index (χ4n) is 2.42. The zero-order chi connectivity index (χ0) is 17.6. The van der Waals surface area contributed by atoms with Gasteiger partial charge in [-0.05, 0) is 37.3 Å². The Morgan fingerprint density at radius 3 is 2.56 bits per heavy atom. The molecule has 0 spiro atoms. The molecule has 0 bridgehead atoms. The van der Waals surface area contributed by atoms with Crippen LogP contribution in [0.4, 0.5) is 21.8 Å². The smallest absolute Gasteiger partial charge is 0.225 e. The maximum absolute atomic E-state index is 13.0. The van der Waals surface area contributed by atoms with E-state index in [9.17, 15) is 4.39 Å². The summed E-state index contributed by atoms with van der Waals surface area (Å²) in [4.78, 5) is 8.85. The van der Waals surface area contributed by atoms with Crippen LogP contribution in [0.5, 0.6) is 5.75 Å². The van der Waals surface area contributed by atoms with Crippen molar-refractivity contribution in [2.75, 3.05) is 17.7 Å². The highest BCUT2D eigenvalue weighted by Gasteiger charge is 2.06. The average molecular weight is 338 g/mol. The first-order valence-corrected chi connectivity index (χ1v) is 7.88. The minimum Gasteiger partial charge on any atom is -0.496 e. The minimum atomic E-state index is -0.274. The summed E-state index contributed by atoms with van der Waals surface area (Å²) in [5, 5.41) is 6.36. The lowest BCUT2D eigenvalue weighted by molar-refractivity contribution is 0.410. The predicted octanol–water partition coefficient (Wildman–Crippen LogP) is 4.29. The summed E-state index contributed by atoms with van der Waals surface area (Å²) in [5.74, 6) is 1.69. The molecule has 0 amide bonds. The second kappa shape index (κ2) is 7.61. The third kappa shape index (κ3) is 4.44. The first kappa shape index (κ1) is 16.7. The summed E-state index contributed by atoms with van der Waals surface area (Å²) in [6.07, 6.45) is 0. The van der Waals surface area contributed by atoms with Crippen LogP contribution < -0.4 is 15.4 Å². The Morgan fingerprint density at radius 2 is 1.80 bits per heavy atom. The Labute approximate surface area is 145 Å². The monoisotopic (exact) mass is 338 g/mol. The fourth-order valence-corrected chi connectivity index (χ4v) is 2.42. The second-order valence-corrected chi connectivity index (χ2v) is 5.52. The molecule has 3 rings (SSSR count). The number of aromatic nitrogens is 2. The van der Waals surface area contributed by atoms with Gasteiger partial charge in [0.05, 0.1) is 7.11 Å². The van der Waals surface area contributed by atoms with Gasteiger partial charge in [-0.15, -0.1) is 0 Å². The van der Waals surface area contributed by atoms with Crippen LogP contribution in [0.15, 0.2) is 54.6 Å². The van der Waals surface area contributed by atoms with Gasteiger partial charge in [0.15, 0.2) is 0 Å². The lowest BCUT2D eigenvalue weighted by Crippen LogP contribution is -2.07. The average Bonchev–Trinajstić information content (AvgIpc) is 2.62. The summed E-state index contributed by atoms with van der Waals surface area (Å²) in [6, 6.07) is 15.7. The second-order valence-electron chi connectivity index (χ2n) is 5.52. The van der Waals surface area contributed by atoms with E-state index in [1.807, 2.05) is 37.3 Å². The summed E-state index contributed by atoms with van der Waals surface area (Å²) >= 11 is 0. The number of nitrogens with zero attached hydrogens (tertiary/aromatic N) is 2. The van der Waals surface area contributed by atoms with Gasteiger partial charge in [0.2, 0.25) is 5.95 Å². The molecule has 25 heavy (non-hydrogen) atoms. The standard InChI is InChI=1S/C19H19FN4O/c1-13-11-18(23-16-9-7-15(20)8-10-16)24-19(22-13)21-12-14-5-3-4-6-17(14)25-2/h3-11H,12H2,1-2H3,(H2,21,22,23,24). The zero-order valence-electron chi connectivity index (χ0n) is 14.1. The van der Waals surface area contributed by atoms with Crippen LogP contribution in [0, 0.1) is 12.7 Å². The van der Waals surface area contributed by atoms with E-state index >= 15 is 0 Å². The molecule has 3 aromatic rings. The maximum Gasteiger partial charge on any atom is 0.225 e. The first-order chi connectivity index (χ1) is 12.1. The third-order valence-corrected chi connectivity index (χ3v) is 3.60. The van der Waals surface area contributed by atoms with Gasteiger partial charge in [-0.2, -0.15) is 4.98 Å². The molecule has 0 radical (unpaired) electrons. The van der Waals surface area contributed by atoms with Crippen molar-refractivity contribution in [3.05, 3.63) is 71.7 Å². The summed E-state index contributed by atoms with van der Waals surface area (Å²) in [5.41, 5.74) is 2.60. The maximum atomic E-state index is 13.0. The molecule has 0 aliphatic rings. The number of ether oxygens (including phenoxy) is 1. The van der Waals surface area contributed by atoms with Crippen LogP contribution in [0.1, 0.15) is 11.3 Å². The van der Waals surface area contributed by atoms with Gasteiger partial charge in [0, 0.05) is 29.6 Å². The van der Waals surface area contributed by atoms with Gasteiger partial charge in [-0.25, -0.2) is 9.37 Å². The Kier molecular flexibility index (Phi) is 5.09. The molecular formula is C19H19FN4O. The lowest BCUT2D eigenvalue weighted by atomic mass is 10.2. The normalized spacial score (nSPS) is 10.4. The van der Waals surface area contributed by atoms with Gasteiger partial charge >= 0.3 is 0 Å². The van der Waals surface area contributed by atoms with Crippen molar-refractivity contribution in [2.45, 2.75) is 13.5 Å². The van der Waals surface area contributed by atoms with Crippen LogP contribution in [-0.4, -0.2) is 17.1 Å². The molecule has 0 aliphatic carbocycles. The molecule has 2 aromatic carbocycles. The van der Waals surface area contributed by atoms with Crippen LogP contribution in [0.25, 0.3) is 0 Å². The van der Waals surface area contributed by atoms with Crippen LogP contribution in [-0.2, 0) is 6.54 Å². The van der Waals surface area contributed by atoms with Gasteiger partial charge in [-0.1, -0.05) is 18.2 Å². The third-order valence-electron chi connectivity index (χ3n) is 3.60. The molecule has 0 unspecified atom stereocenters. The van der Waals surface area contributed by atoms with E-state index in [0.29, 0.717) is 18.3 Å². The molecule has 1 heterocycles. The Hall–Kier alpha value is -3.15.